The second-order valence-electron chi connectivity index (χ2n) is 4.47. The zero-order valence-corrected chi connectivity index (χ0v) is 13.1. The number of benzene rings is 2. The zero-order chi connectivity index (χ0) is 12.8. The van der Waals surface area contributed by atoms with Crippen LogP contribution in [0.4, 0.5) is 0 Å². The summed E-state index contributed by atoms with van der Waals surface area (Å²) in [5.41, 5.74) is 2.53. The van der Waals surface area contributed by atoms with Crippen LogP contribution >= 0.6 is 0 Å². The molecule has 0 amide bonds. The van der Waals surface area contributed by atoms with Gasteiger partial charge in [-0.25, -0.2) is 0 Å². The van der Waals surface area contributed by atoms with E-state index in [1.807, 2.05) is 36.4 Å². The van der Waals surface area contributed by atoms with Gasteiger partial charge in [0.15, 0.2) is 0 Å². The van der Waals surface area contributed by atoms with Gasteiger partial charge in [0.05, 0.1) is 0 Å². The summed E-state index contributed by atoms with van der Waals surface area (Å²) in [4.78, 5) is 0. The summed E-state index contributed by atoms with van der Waals surface area (Å²) in [6.07, 6.45) is -1.49. The van der Waals surface area contributed by atoms with Crippen LogP contribution in [0.1, 0.15) is 23.6 Å². The highest BCUT2D eigenvalue weighted by Gasteiger charge is 2.23. The van der Waals surface area contributed by atoms with Crippen molar-refractivity contribution in [3.63, 3.8) is 0 Å². The Labute approximate surface area is 119 Å². The highest BCUT2D eigenvalue weighted by atomic mass is 28.4. The molecule has 0 radical (unpaired) electrons. The average Bonchev–Trinajstić information content (AvgIpc) is 2.42. The van der Waals surface area contributed by atoms with Crippen molar-refractivity contribution in [1.29, 1.82) is 0 Å². The minimum Gasteiger partial charge on any atom is -0.421 e. The first-order chi connectivity index (χ1) is 8.83. The molecule has 18 heavy (non-hydrogen) atoms. The third kappa shape index (κ3) is 3.37. The molecule has 0 fully saturated rings. The minimum absolute atomic E-state index is 0.129. The molecule has 0 aliphatic rings. The maximum Gasteiger partial charge on any atom is 0.450 e. The van der Waals surface area contributed by atoms with Crippen LogP contribution in [0.15, 0.2) is 60.7 Å². The normalized spacial score (nSPS) is 10.1. The molecule has 0 saturated carbocycles. The lowest BCUT2D eigenvalue weighted by Gasteiger charge is -2.16. The SMILES string of the molecule is C[CH2][Mg][Si](=O)C(c1ccccc1)c1ccccc1. The molecule has 0 aliphatic carbocycles. The van der Waals surface area contributed by atoms with Crippen LogP contribution in [0.3, 0.4) is 0 Å². The van der Waals surface area contributed by atoms with Crippen molar-refractivity contribution in [2.24, 2.45) is 0 Å². The molecule has 3 heteroatoms. The van der Waals surface area contributed by atoms with Crippen LogP contribution in [-0.2, 0) is 4.46 Å². The van der Waals surface area contributed by atoms with Crippen molar-refractivity contribution >= 4 is 25.9 Å². The van der Waals surface area contributed by atoms with Crippen molar-refractivity contribution in [3.05, 3.63) is 71.8 Å². The summed E-state index contributed by atoms with van der Waals surface area (Å²) in [5.74, 6) is 0. The van der Waals surface area contributed by atoms with Crippen molar-refractivity contribution in [2.45, 2.75) is 17.0 Å². The lowest BCUT2D eigenvalue weighted by molar-refractivity contribution is 0.566. The maximum atomic E-state index is 12.6. The standard InChI is InChI=1S/C13H11OSi.C2H5.Mg/c14-15-13(11-7-3-1-4-8-11)12-9-5-2-6-10-12;1-2;/h1-10,13H;1H2,2H3;. The van der Waals surface area contributed by atoms with Gasteiger partial charge in [-0.2, -0.15) is 0 Å². The average molecular weight is 265 g/mol. The fourth-order valence-electron chi connectivity index (χ4n) is 2.25. The van der Waals surface area contributed by atoms with Crippen molar-refractivity contribution in [2.75, 3.05) is 0 Å². The van der Waals surface area contributed by atoms with Crippen molar-refractivity contribution in [1.82, 2.24) is 0 Å². The minimum atomic E-state index is -1.49. The predicted molar refractivity (Wildman–Crippen MR) is 77.4 cm³/mol. The number of rotatable bonds is 5. The molecule has 0 N–H and O–H groups in total. The third-order valence-corrected chi connectivity index (χ3v) is 9.59. The summed E-state index contributed by atoms with van der Waals surface area (Å²) < 4.78 is 13.7. The summed E-state index contributed by atoms with van der Waals surface area (Å²) in [6, 6.07) is 20.6. The lowest BCUT2D eigenvalue weighted by atomic mass is 10.0. The van der Waals surface area contributed by atoms with Gasteiger partial charge >= 0.3 is 19.6 Å². The van der Waals surface area contributed by atoms with E-state index >= 15 is 0 Å². The van der Waals surface area contributed by atoms with Gasteiger partial charge in [-0.1, -0.05) is 67.6 Å². The van der Waals surface area contributed by atoms with E-state index in [0.717, 1.165) is 4.55 Å². The molecule has 2 aromatic rings. The Kier molecular flexibility index (Phi) is 5.29. The molecule has 0 spiro atoms. The molecule has 2 aromatic carbocycles. The largest absolute Gasteiger partial charge is 0.450 e. The van der Waals surface area contributed by atoms with Crippen LogP contribution in [0.25, 0.3) is 0 Å². The Bertz CT molecular complexity index is 459. The Balaban J connectivity index is 2.38. The number of hydrogen-bond acceptors (Lipinski definition) is 1. The van der Waals surface area contributed by atoms with Crippen LogP contribution in [-0.4, -0.2) is 25.9 Å². The first kappa shape index (κ1) is 13.7. The molecule has 0 aliphatic heterocycles. The number of hydrogen-bond donors (Lipinski definition) is 0. The first-order valence-corrected chi connectivity index (χ1v) is 11.3. The molecule has 0 unspecified atom stereocenters. The second-order valence-corrected chi connectivity index (χ2v) is 11.1. The van der Waals surface area contributed by atoms with E-state index in [4.69, 9.17) is 0 Å². The Morgan fingerprint density at radius 3 is 1.78 bits per heavy atom. The molecule has 88 valence electrons. The van der Waals surface area contributed by atoms with E-state index in [9.17, 15) is 4.46 Å². The molecule has 1 nitrogen and oxygen atoms in total. The summed E-state index contributed by atoms with van der Waals surface area (Å²) >= 11 is -0.443. The van der Waals surface area contributed by atoms with Gasteiger partial charge < -0.3 is 4.46 Å². The third-order valence-electron chi connectivity index (χ3n) is 3.08. The first-order valence-electron chi connectivity index (χ1n) is 6.45. The van der Waals surface area contributed by atoms with Gasteiger partial charge in [0.25, 0.3) is 0 Å². The molecule has 0 atom stereocenters. The highest BCUT2D eigenvalue weighted by Crippen LogP contribution is 2.24. The van der Waals surface area contributed by atoms with Gasteiger partial charge in [0, 0.05) is 5.54 Å². The van der Waals surface area contributed by atoms with Crippen molar-refractivity contribution in [3.8, 4) is 0 Å². The molecule has 0 saturated heterocycles. The molecular weight excluding hydrogens is 249 g/mol. The van der Waals surface area contributed by atoms with Gasteiger partial charge in [-0.05, 0) is 11.1 Å². The van der Waals surface area contributed by atoms with Crippen molar-refractivity contribution < 1.29 is 4.46 Å². The molecule has 0 heterocycles. The Morgan fingerprint density at radius 2 is 1.39 bits per heavy atom. The van der Waals surface area contributed by atoms with E-state index in [1.54, 1.807) is 0 Å². The predicted octanol–water partition coefficient (Wildman–Crippen LogP) is 3.42. The molecule has 0 aromatic heterocycles. The van der Waals surface area contributed by atoms with Crippen LogP contribution in [0.5, 0.6) is 0 Å². The maximum absolute atomic E-state index is 12.6. The van der Waals surface area contributed by atoms with Gasteiger partial charge in [-0.15, -0.1) is 4.55 Å². The van der Waals surface area contributed by atoms with Gasteiger partial charge in [0.1, 0.15) is 6.33 Å². The highest BCUT2D eigenvalue weighted by molar-refractivity contribution is 7.05. The van der Waals surface area contributed by atoms with E-state index in [2.05, 4.69) is 31.2 Å². The van der Waals surface area contributed by atoms with E-state index in [1.165, 1.54) is 11.1 Å². The Morgan fingerprint density at radius 1 is 0.944 bits per heavy atom. The molecule has 2 rings (SSSR count). The topological polar surface area (TPSA) is 17.1 Å². The van der Waals surface area contributed by atoms with Crippen LogP contribution in [0.2, 0.25) is 4.55 Å². The Hall–Kier alpha value is -0.777. The fourth-order valence-corrected chi connectivity index (χ4v) is 7.91. The van der Waals surface area contributed by atoms with Gasteiger partial charge in [-0.3, -0.25) is 0 Å². The lowest BCUT2D eigenvalue weighted by Crippen LogP contribution is -2.22. The fraction of sp³-hybridized carbons (Fsp3) is 0.200. The molecular formula is C15H16MgOSi. The second kappa shape index (κ2) is 6.97. The van der Waals surface area contributed by atoms with Crippen LogP contribution < -0.4 is 0 Å². The van der Waals surface area contributed by atoms with Crippen LogP contribution in [0, 0.1) is 0 Å². The van der Waals surface area contributed by atoms with E-state index < -0.39 is 25.9 Å². The smallest absolute Gasteiger partial charge is 0.421 e. The summed E-state index contributed by atoms with van der Waals surface area (Å²) in [5, 5.41) is 0. The monoisotopic (exact) mass is 264 g/mol. The quantitative estimate of drug-likeness (QED) is 0.757. The zero-order valence-electron chi connectivity index (χ0n) is 10.7. The summed E-state index contributed by atoms with van der Waals surface area (Å²) in [7, 11) is 0. The van der Waals surface area contributed by atoms with E-state index in [0.29, 0.717) is 0 Å². The van der Waals surface area contributed by atoms with Gasteiger partial charge in [0.2, 0.25) is 0 Å². The molecule has 0 bridgehead atoms. The summed E-state index contributed by atoms with van der Waals surface area (Å²) in [6.45, 7) is 2.15. The van der Waals surface area contributed by atoms with E-state index in [-0.39, 0.29) is 5.54 Å².